The fraction of sp³-hybridized carbons (Fsp3) is 0.148. The number of thiazole rings is 1. The highest BCUT2D eigenvalue weighted by Crippen LogP contribution is 2.30. The normalized spacial score (nSPS) is 11.0. The smallest absolute Gasteiger partial charge is 0.229 e. The Balaban J connectivity index is 1.48. The molecule has 0 spiro atoms. The van der Waals surface area contributed by atoms with Crippen molar-refractivity contribution < 1.29 is 0 Å². The van der Waals surface area contributed by atoms with Gasteiger partial charge in [-0.1, -0.05) is 54.7 Å². The number of hydrogen-bond acceptors (Lipinski definition) is 7. The van der Waals surface area contributed by atoms with E-state index in [1.165, 1.54) is 15.8 Å². The second-order valence-electron chi connectivity index (χ2n) is 8.15. The standard InChI is InChI=1S/C27H25N5S2/c1-3-18-9-11-23-24(15-18)34-27(30-23)32-25-16-20(14-19-7-5-4-6-8-19)28-26(31-25)29-22-12-10-21(33)13-17(22)2/h4-13,15-16,33H,3,14H2,1-2H3,(H2,28,29,30,31,32). The number of aryl methyl sites for hydroxylation is 2. The highest BCUT2D eigenvalue weighted by Gasteiger charge is 2.11. The van der Waals surface area contributed by atoms with Gasteiger partial charge in [-0.15, -0.1) is 12.6 Å². The van der Waals surface area contributed by atoms with E-state index >= 15 is 0 Å². The van der Waals surface area contributed by atoms with E-state index in [9.17, 15) is 0 Å². The number of rotatable bonds is 7. The molecule has 0 saturated carbocycles. The van der Waals surface area contributed by atoms with E-state index in [1.807, 2.05) is 49.4 Å². The quantitative estimate of drug-likeness (QED) is 0.212. The lowest BCUT2D eigenvalue weighted by molar-refractivity contribution is 1.03. The lowest BCUT2D eigenvalue weighted by Gasteiger charge is -2.12. The van der Waals surface area contributed by atoms with E-state index < -0.39 is 0 Å². The first-order chi connectivity index (χ1) is 16.6. The summed E-state index contributed by atoms with van der Waals surface area (Å²) in [7, 11) is 0. The molecular weight excluding hydrogens is 458 g/mol. The number of hydrogen-bond donors (Lipinski definition) is 3. The summed E-state index contributed by atoms with van der Waals surface area (Å²) in [6, 6.07) is 24.7. The van der Waals surface area contributed by atoms with Crippen LogP contribution in [-0.2, 0) is 12.8 Å². The van der Waals surface area contributed by atoms with E-state index in [2.05, 4.69) is 60.5 Å². The molecule has 34 heavy (non-hydrogen) atoms. The third kappa shape index (κ3) is 5.21. The highest BCUT2D eigenvalue weighted by molar-refractivity contribution is 7.80. The lowest BCUT2D eigenvalue weighted by Crippen LogP contribution is -2.05. The zero-order valence-corrected chi connectivity index (χ0v) is 20.8. The molecular formula is C27H25N5S2. The Bertz CT molecular complexity index is 1450. The van der Waals surface area contributed by atoms with Gasteiger partial charge in [-0.3, -0.25) is 0 Å². The molecule has 0 atom stereocenters. The summed E-state index contributed by atoms with van der Waals surface area (Å²) in [6.45, 7) is 4.21. The molecule has 2 N–H and O–H groups in total. The Morgan fingerprint density at radius 1 is 0.853 bits per heavy atom. The van der Waals surface area contributed by atoms with Crippen molar-refractivity contribution >= 4 is 56.8 Å². The Hall–Kier alpha value is -3.42. The maximum absolute atomic E-state index is 4.80. The second kappa shape index (κ2) is 9.83. The number of benzene rings is 3. The van der Waals surface area contributed by atoms with Gasteiger partial charge in [0, 0.05) is 23.1 Å². The van der Waals surface area contributed by atoms with Gasteiger partial charge < -0.3 is 10.6 Å². The predicted octanol–water partition coefficient (Wildman–Crippen LogP) is 7.32. The van der Waals surface area contributed by atoms with Gasteiger partial charge in [0.1, 0.15) is 5.82 Å². The lowest BCUT2D eigenvalue weighted by atomic mass is 10.1. The highest BCUT2D eigenvalue weighted by atomic mass is 32.1. The SMILES string of the molecule is CCc1ccc2nc(Nc3cc(Cc4ccccc4)nc(Nc4ccc(S)cc4C)n3)sc2c1. The molecule has 0 fully saturated rings. The molecule has 0 bridgehead atoms. The topological polar surface area (TPSA) is 62.7 Å². The van der Waals surface area contributed by atoms with Crippen molar-refractivity contribution in [2.24, 2.45) is 0 Å². The molecule has 5 rings (SSSR count). The molecule has 2 aromatic heterocycles. The number of aromatic nitrogens is 3. The van der Waals surface area contributed by atoms with Crippen LogP contribution in [0.4, 0.5) is 22.6 Å². The summed E-state index contributed by atoms with van der Waals surface area (Å²) in [5, 5.41) is 7.61. The van der Waals surface area contributed by atoms with Gasteiger partial charge in [0.15, 0.2) is 5.13 Å². The first-order valence-corrected chi connectivity index (χ1v) is 12.5. The maximum Gasteiger partial charge on any atom is 0.229 e. The minimum Gasteiger partial charge on any atom is -0.324 e. The fourth-order valence-electron chi connectivity index (χ4n) is 3.77. The van der Waals surface area contributed by atoms with E-state index in [0.717, 1.165) is 38.9 Å². The van der Waals surface area contributed by atoms with Crippen LogP contribution in [0.2, 0.25) is 0 Å². The zero-order chi connectivity index (χ0) is 23.5. The van der Waals surface area contributed by atoms with Gasteiger partial charge in [0.05, 0.1) is 15.9 Å². The van der Waals surface area contributed by atoms with Crippen LogP contribution in [0.3, 0.4) is 0 Å². The zero-order valence-electron chi connectivity index (χ0n) is 19.0. The van der Waals surface area contributed by atoms with Crippen LogP contribution in [0.5, 0.6) is 0 Å². The molecule has 7 heteroatoms. The van der Waals surface area contributed by atoms with Crippen molar-refractivity contribution in [1.82, 2.24) is 15.0 Å². The summed E-state index contributed by atoms with van der Waals surface area (Å²) in [5.74, 6) is 1.25. The van der Waals surface area contributed by atoms with Gasteiger partial charge in [-0.2, -0.15) is 4.98 Å². The van der Waals surface area contributed by atoms with Gasteiger partial charge in [0.2, 0.25) is 5.95 Å². The van der Waals surface area contributed by atoms with E-state index in [0.29, 0.717) is 18.2 Å². The van der Waals surface area contributed by atoms with Crippen LogP contribution < -0.4 is 10.6 Å². The number of anilines is 4. The Kier molecular flexibility index (Phi) is 6.47. The molecule has 5 nitrogen and oxygen atoms in total. The molecule has 0 saturated heterocycles. The van der Waals surface area contributed by atoms with Gasteiger partial charge in [-0.05, 0) is 60.4 Å². The van der Waals surface area contributed by atoms with E-state index in [4.69, 9.17) is 15.0 Å². The van der Waals surface area contributed by atoms with Crippen LogP contribution in [0.15, 0.2) is 77.7 Å². The van der Waals surface area contributed by atoms with Crippen molar-refractivity contribution in [1.29, 1.82) is 0 Å². The summed E-state index contributed by atoms with van der Waals surface area (Å²) < 4.78 is 1.17. The maximum atomic E-state index is 4.80. The van der Waals surface area contributed by atoms with Crippen LogP contribution >= 0.6 is 24.0 Å². The minimum atomic E-state index is 0.542. The van der Waals surface area contributed by atoms with Crippen LogP contribution in [0.1, 0.15) is 29.3 Å². The molecule has 3 aromatic carbocycles. The van der Waals surface area contributed by atoms with Crippen LogP contribution in [0.25, 0.3) is 10.2 Å². The molecule has 0 radical (unpaired) electrons. The van der Waals surface area contributed by atoms with E-state index in [1.54, 1.807) is 11.3 Å². The Morgan fingerprint density at radius 3 is 2.50 bits per heavy atom. The number of thiol groups is 1. The largest absolute Gasteiger partial charge is 0.324 e. The Labute approximate surface area is 208 Å². The average molecular weight is 484 g/mol. The monoisotopic (exact) mass is 483 g/mol. The molecule has 0 unspecified atom stereocenters. The van der Waals surface area contributed by atoms with Crippen LogP contribution in [-0.4, -0.2) is 15.0 Å². The van der Waals surface area contributed by atoms with Crippen molar-refractivity contribution in [2.75, 3.05) is 10.6 Å². The molecule has 0 aliphatic carbocycles. The Morgan fingerprint density at radius 2 is 1.71 bits per heavy atom. The van der Waals surface area contributed by atoms with Gasteiger partial charge in [0.25, 0.3) is 0 Å². The number of nitrogens with zero attached hydrogens (tertiary/aromatic N) is 3. The molecule has 2 heterocycles. The summed E-state index contributed by atoms with van der Waals surface area (Å²) in [4.78, 5) is 15.2. The van der Waals surface area contributed by atoms with Gasteiger partial charge in [-0.25, -0.2) is 9.97 Å². The summed E-state index contributed by atoms with van der Waals surface area (Å²) >= 11 is 6.06. The third-order valence-corrected chi connectivity index (χ3v) is 6.77. The third-order valence-electron chi connectivity index (χ3n) is 5.56. The first-order valence-electron chi connectivity index (χ1n) is 11.2. The minimum absolute atomic E-state index is 0.542. The molecule has 5 aromatic rings. The van der Waals surface area contributed by atoms with Crippen molar-refractivity contribution in [3.63, 3.8) is 0 Å². The fourth-order valence-corrected chi connectivity index (χ4v) is 4.98. The molecule has 170 valence electrons. The van der Waals surface area contributed by atoms with Crippen molar-refractivity contribution in [3.8, 4) is 0 Å². The molecule has 0 aliphatic heterocycles. The number of fused-ring (bicyclic) bond motifs is 1. The number of nitrogens with one attached hydrogen (secondary N) is 2. The molecule has 0 aliphatic rings. The van der Waals surface area contributed by atoms with Crippen LogP contribution in [0, 0.1) is 6.92 Å². The van der Waals surface area contributed by atoms with Crippen molar-refractivity contribution in [2.45, 2.75) is 31.6 Å². The van der Waals surface area contributed by atoms with Crippen molar-refractivity contribution in [3.05, 3.63) is 95.2 Å². The van der Waals surface area contributed by atoms with Gasteiger partial charge >= 0.3 is 0 Å². The summed E-state index contributed by atoms with van der Waals surface area (Å²) in [6.07, 6.45) is 1.72. The average Bonchev–Trinajstić information content (AvgIpc) is 3.22. The predicted molar refractivity (Wildman–Crippen MR) is 145 cm³/mol. The molecule has 0 amide bonds. The first kappa shape index (κ1) is 22.4. The summed E-state index contributed by atoms with van der Waals surface area (Å²) in [5.41, 5.74) is 6.45. The van der Waals surface area contributed by atoms with E-state index in [-0.39, 0.29) is 0 Å². The second-order valence-corrected chi connectivity index (χ2v) is 9.70.